The van der Waals surface area contributed by atoms with Crippen LogP contribution in [0.2, 0.25) is 5.02 Å². The first kappa shape index (κ1) is 16.4. The molecule has 0 saturated heterocycles. The Morgan fingerprint density at radius 1 is 1.04 bits per heavy atom. The SMILES string of the molecule is COc1ccc(OC)c2c(C)cc(NCc3cccc(Cl)c3)nc12. The number of aromatic nitrogens is 1. The van der Waals surface area contributed by atoms with Crippen molar-refractivity contribution in [3.05, 3.63) is 58.6 Å². The summed E-state index contributed by atoms with van der Waals surface area (Å²) in [5.41, 5.74) is 2.95. The standard InChI is InChI=1S/C19H19ClN2O2/c1-12-9-17(21-11-13-5-4-6-14(20)10-13)22-19-16(24-3)8-7-15(23-2)18(12)19/h4-10H,11H2,1-3H3,(H,21,22). The molecule has 24 heavy (non-hydrogen) atoms. The third-order valence-corrected chi connectivity index (χ3v) is 4.12. The predicted molar refractivity (Wildman–Crippen MR) is 98.4 cm³/mol. The van der Waals surface area contributed by atoms with Crippen LogP contribution in [0, 0.1) is 6.92 Å². The maximum Gasteiger partial charge on any atom is 0.145 e. The van der Waals surface area contributed by atoms with Crippen LogP contribution in [0.4, 0.5) is 5.82 Å². The molecule has 1 aromatic heterocycles. The van der Waals surface area contributed by atoms with Crippen molar-refractivity contribution < 1.29 is 9.47 Å². The Hall–Kier alpha value is -2.46. The molecule has 0 spiro atoms. The summed E-state index contributed by atoms with van der Waals surface area (Å²) in [6.45, 7) is 2.68. The first-order chi connectivity index (χ1) is 11.6. The average molecular weight is 343 g/mol. The summed E-state index contributed by atoms with van der Waals surface area (Å²) in [5, 5.41) is 5.03. The number of rotatable bonds is 5. The fourth-order valence-electron chi connectivity index (χ4n) is 2.74. The fourth-order valence-corrected chi connectivity index (χ4v) is 2.95. The van der Waals surface area contributed by atoms with Crippen LogP contribution < -0.4 is 14.8 Å². The molecular weight excluding hydrogens is 324 g/mol. The zero-order valence-corrected chi connectivity index (χ0v) is 14.6. The van der Waals surface area contributed by atoms with Gasteiger partial charge in [0.15, 0.2) is 0 Å². The van der Waals surface area contributed by atoms with Gasteiger partial charge in [0, 0.05) is 17.0 Å². The van der Waals surface area contributed by atoms with E-state index in [1.807, 2.05) is 49.4 Å². The highest BCUT2D eigenvalue weighted by Crippen LogP contribution is 2.35. The number of pyridine rings is 1. The van der Waals surface area contributed by atoms with E-state index in [1.165, 1.54) is 0 Å². The molecule has 0 amide bonds. The Morgan fingerprint density at radius 3 is 2.50 bits per heavy atom. The largest absolute Gasteiger partial charge is 0.496 e. The first-order valence-electron chi connectivity index (χ1n) is 7.63. The van der Waals surface area contributed by atoms with Crippen LogP contribution in [-0.4, -0.2) is 19.2 Å². The van der Waals surface area contributed by atoms with Crippen molar-refractivity contribution in [1.29, 1.82) is 0 Å². The number of anilines is 1. The van der Waals surface area contributed by atoms with Crippen LogP contribution in [0.25, 0.3) is 10.9 Å². The minimum Gasteiger partial charge on any atom is -0.496 e. The van der Waals surface area contributed by atoms with Gasteiger partial charge in [0.05, 0.1) is 14.2 Å². The zero-order chi connectivity index (χ0) is 17.1. The number of aryl methyl sites for hydroxylation is 1. The average Bonchev–Trinajstić information content (AvgIpc) is 2.59. The van der Waals surface area contributed by atoms with Gasteiger partial charge in [-0.25, -0.2) is 4.98 Å². The van der Waals surface area contributed by atoms with Gasteiger partial charge >= 0.3 is 0 Å². The molecule has 5 heteroatoms. The van der Waals surface area contributed by atoms with E-state index in [2.05, 4.69) is 5.32 Å². The number of fused-ring (bicyclic) bond motifs is 1. The molecule has 0 saturated carbocycles. The van der Waals surface area contributed by atoms with Crippen LogP contribution in [0.3, 0.4) is 0 Å². The molecule has 1 N–H and O–H groups in total. The van der Waals surface area contributed by atoms with Gasteiger partial charge in [0.2, 0.25) is 0 Å². The lowest BCUT2D eigenvalue weighted by molar-refractivity contribution is 0.409. The van der Waals surface area contributed by atoms with E-state index in [1.54, 1.807) is 14.2 Å². The third-order valence-electron chi connectivity index (χ3n) is 3.88. The predicted octanol–water partition coefficient (Wildman–Crippen LogP) is 4.83. The quantitative estimate of drug-likeness (QED) is 0.721. The van der Waals surface area contributed by atoms with Crippen molar-refractivity contribution in [3.63, 3.8) is 0 Å². The van der Waals surface area contributed by atoms with E-state index < -0.39 is 0 Å². The van der Waals surface area contributed by atoms with Crippen LogP contribution in [0.1, 0.15) is 11.1 Å². The smallest absolute Gasteiger partial charge is 0.145 e. The topological polar surface area (TPSA) is 43.4 Å². The number of nitrogens with zero attached hydrogens (tertiary/aromatic N) is 1. The molecule has 0 aliphatic carbocycles. The van der Waals surface area contributed by atoms with Crippen molar-refractivity contribution in [1.82, 2.24) is 4.98 Å². The molecule has 3 rings (SSSR count). The number of hydrogen-bond donors (Lipinski definition) is 1. The molecule has 0 fully saturated rings. The highest BCUT2D eigenvalue weighted by atomic mass is 35.5. The number of halogens is 1. The Bertz CT molecular complexity index is 881. The Labute approximate surface area is 146 Å². The number of methoxy groups -OCH3 is 2. The third kappa shape index (κ3) is 3.24. The lowest BCUT2D eigenvalue weighted by Gasteiger charge is -2.14. The van der Waals surface area contributed by atoms with E-state index in [0.717, 1.165) is 44.4 Å². The van der Waals surface area contributed by atoms with Crippen LogP contribution in [0.5, 0.6) is 11.5 Å². The van der Waals surface area contributed by atoms with E-state index >= 15 is 0 Å². The number of ether oxygens (including phenoxy) is 2. The molecule has 2 aromatic carbocycles. The first-order valence-corrected chi connectivity index (χ1v) is 8.01. The summed E-state index contributed by atoms with van der Waals surface area (Å²) in [6.07, 6.45) is 0. The number of nitrogens with one attached hydrogen (secondary N) is 1. The highest BCUT2D eigenvalue weighted by Gasteiger charge is 2.12. The van der Waals surface area contributed by atoms with Crippen LogP contribution >= 0.6 is 11.6 Å². The zero-order valence-electron chi connectivity index (χ0n) is 13.9. The Balaban J connectivity index is 1.97. The lowest BCUT2D eigenvalue weighted by atomic mass is 10.1. The minimum absolute atomic E-state index is 0.644. The molecule has 4 nitrogen and oxygen atoms in total. The Kier molecular flexibility index (Phi) is 4.76. The lowest BCUT2D eigenvalue weighted by Crippen LogP contribution is -2.03. The Morgan fingerprint density at radius 2 is 1.79 bits per heavy atom. The molecule has 3 aromatic rings. The summed E-state index contributed by atoms with van der Waals surface area (Å²) < 4.78 is 10.9. The van der Waals surface area contributed by atoms with Crippen molar-refractivity contribution >= 4 is 28.3 Å². The molecule has 0 aliphatic rings. The molecule has 0 unspecified atom stereocenters. The summed E-state index contributed by atoms with van der Waals surface area (Å²) in [6, 6.07) is 13.5. The van der Waals surface area contributed by atoms with Gasteiger partial charge < -0.3 is 14.8 Å². The van der Waals surface area contributed by atoms with E-state index in [9.17, 15) is 0 Å². The van der Waals surface area contributed by atoms with Gasteiger partial charge in [0.1, 0.15) is 22.8 Å². The van der Waals surface area contributed by atoms with Crippen LogP contribution in [-0.2, 0) is 6.54 Å². The minimum atomic E-state index is 0.644. The summed E-state index contributed by atoms with van der Waals surface area (Å²) in [4.78, 5) is 4.70. The van der Waals surface area contributed by atoms with Gasteiger partial charge in [-0.2, -0.15) is 0 Å². The maximum absolute atomic E-state index is 6.03. The second-order valence-electron chi connectivity index (χ2n) is 5.50. The van der Waals surface area contributed by atoms with E-state index in [4.69, 9.17) is 26.1 Å². The van der Waals surface area contributed by atoms with E-state index in [-0.39, 0.29) is 0 Å². The second kappa shape index (κ2) is 6.97. The van der Waals surface area contributed by atoms with Crippen molar-refractivity contribution in [2.45, 2.75) is 13.5 Å². The molecule has 0 radical (unpaired) electrons. The maximum atomic E-state index is 6.03. The monoisotopic (exact) mass is 342 g/mol. The summed E-state index contributed by atoms with van der Waals surface area (Å²) in [5.74, 6) is 2.30. The fraction of sp³-hybridized carbons (Fsp3) is 0.211. The van der Waals surface area contributed by atoms with Gasteiger partial charge in [0.25, 0.3) is 0 Å². The molecule has 0 atom stereocenters. The van der Waals surface area contributed by atoms with Gasteiger partial charge in [-0.3, -0.25) is 0 Å². The summed E-state index contributed by atoms with van der Waals surface area (Å²) >= 11 is 6.03. The molecule has 1 heterocycles. The van der Waals surface area contributed by atoms with Gasteiger partial charge in [-0.15, -0.1) is 0 Å². The normalized spacial score (nSPS) is 10.7. The highest BCUT2D eigenvalue weighted by molar-refractivity contribution is 6.30. The van der Waals surface area contributed by atoms with Crippen molar-refractivity contribution in [2.75, 3.05) is 19.5 Å². The van der Waals surface area contributed by atoms with Crippen LogP contribution in [0.15, 0.2) is 42.5 Å². The number of benzene rings is 2. The second-order valence-corrected chi connectivity index (χ2v) is 5.94. The summed E-state index contributed by atoms with van der Waals surface area (Å²) in [7, 11) is 3.30. The van der Waals surface area contributed by atoms with Gasteiger partial charge in [-0.1, -0.05) is 23.7 Å². The van der Waals surface area contributed by atoms with E-state index in [0.29, 0.717) is 6.54 Å². The molecular formula is C19H19ClN2O2. The van der Waals surface area contributed by atoms with Crippen molar-refractivity contribution in [2.24, 2.45) is 0 Å². The molecule has 0 aliphatic heterocycles. The number of hydrogen-bond acceptors (Lipinski definition) is 4. The molecule has 124 valence electrons. The molecule has 0 bridgehead atoms. The van der Waals surface area contributed by atoms with Gasteiger partial charge in [-0.05, 0) is 48.4 Å². The van der Waals surface area contributed by atoms with Crippen molar-refractivity contribution in [3.8, 4) is 11.5 Å².